The molecule has 92 valence electrons. The highest BCUT2D eigenvalue weighted by Gasteiger charge is 2.13. The van der Waals surface area contributed by atoms with Crippen molar-refractivity contribution >= 4 is 29.0 Å². The standard InChI is InChI=1S/C13H10Cl2N2O/c1-8-16-6-5-12(17-8)13(18)7-9-10(14)3-2-4-11(9)15/h2-6H,7H2,1H3. The van der Waals surface area contributed by atoms with Gasteiger partial charge in [-0.25, -0.2) is 9.97 Å². The molecule has 1 aromatic carbocycles. The average Bonchev–Trinajstić information content (AvgIpc) is 2.34. The topological polar surface area (TPSA) is 42.9 Å². The molecule has 0 aliphatic heterocycles. The van der Waals surface area contributed by atoms with E-state index in [1.807, 2.05) is 0 Å². The van der Waals surface area contributed by atoms with Crippen LogP contribution in [0.5, 0.6) is 0 Å². The van der Waals surface area contributed by atoms with Gasteiger partial charge in [0.2, 0.25) is 0 Å². The predicted molar refractivity (Wildman–Crippen MR) is 71.3 cm³/mol. The Morgan fingerprint density at radius 2 is 1.89 bits per heavy atom. The molecule has 2 rings (SSSR count). The molecule has 0 unspecified atom stereocenters. The first-order valence-corrected chi connectivity index (χ1v) is 6.09. The summed E-state index contributed by atoms with van der Waals surface area (Å²) in [5.41, 5.74) is 1.00. The number of carbonyl (C=O) groups is 1. The molecule has 0 aliphatic rings. The van der Waals surface area contributed by atoms with Crippen LogP contribution in [-0.2, 0) is 6.42 Å². The summed E-state index contributed by atoms with van der Waals surface area (Å²) in [6.45, 7) is 1.74. The van der Waals surface area contributed by atoms with Crippen molar-refractivity contribution in [2.24, 2.45) is 0 Å². The second-order valence-corrected chi connectivity index (χ2v) is 4.60. The number of hydrogen-bond donors (Lipinski definition) is 0. The molecule has 1 heterocycles. The van der Waals surface area contributed by atoms with Crippen LogP contribution in [0.15, 0.2) is 30.5 Å². The minimum absolute atomic E-state index is 0.129. The van der Waals surface area contributed by atoms with E-state index >= 15 is 0 Å². The van der Waals surface area contributed by atoms with E-state index in [0.717, 1.165) is 0 Å². The maximum absolute atomic E-state index is 12.1. The molecule has 0 radical (unpaired) electrons. The van der Waals surface area contributed by atoms with Gasteiger partial charge < -0.3 is 0 Å². The van der Waals surface area contributed by atoms with Gasteiger partial charge in [0.15, 0.2) is 5.78 Å². The summed E-state index contributed by atoms with van der Waals surface area (Å²) in [5.74, 6) is 0.432. The van der Waals surface area contributed by atoms with E-state index in [2.05, 4.69) is 9.97 Å². The molecule has 0 fully saturated rings. The molecule has 1 aromatic heterocycles. The molecule has 2 aromatic rings. The van der Waals surface area contributed by atoms with E-state index in [1.165, 1.54) is 0 Å². The highest BCUT2D eigenvalue weighted by molar-refractivity contribution is 6.36. The fourth-order valence-electron chi connectivity index (χ4n) is 1.56. The van der Waals surface area contributed by atoms with Crippen molar-refractivity contribution in [2.75, 3.05) is 0 Å². The molecule has 3 nitrogen and oxygen atoms in total. The summed E-state index contributed by atoms with van der Waals surface area (Å²) in [6.07, 6.45) is 1.69. The lowest BCUT2D eigenvalue weighted by Crippen LogP contribution is -2.08. The van der Waals surface area contributed by atoms with Crippen LogP contribution in [0.3, 0.4) is 0 Å². The van der Waals surface area contributed by atoms with Crippen LogP contribution in [0, 0.1) is 6.92 Å². The monoisotopic (exact) mass is 280 g/mol. The van der Waals surface area contributed by atoms with Crippen LogP contribution >= 0.6 is 23.2 Å². The number of halogens is 2. The van der Waals surface area contributed by atoms with Gasteiger partial charge in [-0.1, -0.05) is 29.3 Å². The van der Waals surface area contributed by atoms with Gasteiger partial charge in [-0.05, 0) is 30.7 Å². The number of nitrogens with zero attached hydrogens (tertiary/aromatic N) is 2. The molecule has 0 N–H and O–H groups in total. The van der Waals surface area contributed by atoms with E-state index in [4.69, 9.17) is 23.2 Å². The van der Waals surface area contributed by atoms with Crippen molar-refractivity contribution in [1.82, 2.24) is 9.97 Å². The van der Waals surface area contributed by atoms with Crippen LogP contribution in [0.1, 0.15) is 21.9 Å². The smallest absolute Gasteiger partial charge is 0.185 e. The second kappa shape index (κ2) is 5.46. The van der Waals surface area contributed by atoms with Crippen molar-refractivity contribution in [2.45, 2.75) is 13.3 Å². The lowest BCUT2D eigenvalue weighted by atomic mass is 10.1. The summed E-state index contributed by atoms with van der Waals surface area (Å²) in [7, 11) is 0. The SMILES string of the molecule is Cc1nccc(C(=O)Cc2c(Cl)cccc2Cl)n1. The molecule has 0 bridgehead atoms. The quantitative estimate of drug-likeness (QED) is 0.808. The van der Waals surface area contributed by atoms with Gasteiger partial charge in [0.1, 0.15) is 11.5 Å². The van der Waals surface area contributed by atoms with E-state index in [9.17, 15) is 4.79 Å². The molecule has 0 saturated carbocycles. The summed E-state index contributed by atoms with van der Waals surface area (Å²) >= 11 is 12.0. The van der Waals surface area contributed by atoms with Crippen LogP contribution in [0.2, 0.25) is 10.0 Å². The fourth-order valence-corrected chi connectivity index (χ4v) is 2.09. The molecule has 0 atom stereocenters. The van der Waals surface area contributed by atoms with Gasteiger partial charge in [0, 0.05) is 22.7 Å². The van der Waals surface area contributed by atoms with Gasteiger partial charge in [-0.15, -0.1) is 0 Å². The minimum Gasteiger partial charge on any atom is -0.292 e. The third-order valence-electron chi connectivity index (χ3n) is 2.46. The van der Waals surface area contributed by atoms with E-state index in [0.29, 0.717) is 27.1 Å². The van der Waals surface area contributed by atoms with Crippen LogP contribution in [-0.4, -0.2) is 15.8 Å². The number of Topliss-reactive ketones (excluding diaryl/α,β-unsaturated/α-hetero) is 1. The Hall–Kier alpha value is -1.45. The second-order valence-electron chi connectivity index (χ2n) is 3.79. The number of rotatable bonds is 3. The Kier molecular flexibility index (Phi) is 3.94. The summed E-state index contributed by atoms with van der Waals surface area (Å²) in [6, 6.07) is 6.75. The Morgan fingerprint density at radius 3 is 2.50 bits per heavy atom. The lowest BCUT2D eigenvalue weighted by Gasteiger charge is -2.06. The first-order valence-electron chi connectivity index (χ1n) is 5.33. The largest absolute Gasteiger partial charge is 0.292 e. The minimum atomic E-state index is -0.129. The average molecular weight is 281 g/mol. The fraction of sp³-hybridized carbons (Fsp3) is 0.154. The van der Waals surface area contributed by atoms with Gasteiger partial charge >= 0.3 is 0 Å². The first-order chi connectivity index (χ1) is 8.58. The highest BCUT2D eigenvalue weighted by atomic mass is 35.5. The molecule has 0 amide bonds. The summed E-state index contributed by atoms with van der Waals surface area (Å²) in [5, 5.41) is 0.975. The van der Waals surface area contributed by atoms with Gasteiger partial charge in [0.05, 0.1) is 0 Å². The highest BCUT2D eigenvalue weighted by Crippen LogP contribution is 2.25. The molecule has 18 heavy (non-hydrogen) atoms. The zero-order chi connectivity index (χ0) is 13.1. The number of aryl methyl sites for hydroxylation is 1. The van der Waals surface area contributed by atoms with Gasteiger partial charge in [0.25, 0.3) is 0 Å². The van der Waals surface area contributed by atoms with Crippen molar-refractivity contribution in [3.8, 4) is 0 Å². The lowest BCUT2D eigenvalue weighted by molar-refractivity contribution is 0.0988. The number of carbonyl (C=O) groups excluding carboxylic acids is 1. The van der Waals surface area contributed by atoms with Crippen LogP contribution < -0.4 is 0 Å². The number of benzene rings is 1. The van der Waals surface area contributed by atoms with Crippen LogP contribution in [0.4, 0.5) is 0 Å². The zero-order valence-electron chi connectivity index (χ0n) is 9.65. The van der Waals surface area contributed by atoms with E-state index < -0.39 is 0 Å². The Labute approximate surface area is 115 Å². The summed E-state index contributed by atoms with van der Waals surface area (Å²) < 4.78 is 0. The Bertz CT molecular complexity index is 579. The first kappa shape index (κ1) is 13.0. The molecule has 0 spiro atoms. The number of ketones is 1. The number of hydrogen-bond acceptors (Lipinski definition) is 3. The van der Waals surface area contributed by atoms with Crippen molar-refractivity contribution in [3.63, 3.8) is 0 Å². The normalized spacial score (nSPS) is 10.4. The third-order valence-corrected chi connectivity index (χ3v) is 3.17. The third kappa shape index (κ3) is 2.86. The molecule has 0 saturated heterocycles. The van der Waals surface area contributed by atoms with Crippen molar-refractivity contribution in [3.05, 3.63) is 57.6 Å². The predicted octanol–water partition coefficient (Wildman–Crippen LogP) is 3.52. The Balaban J connectivity index is 2.27. The van der Waals surface area contributed by atoms with Gasteiger partial charge in [-0.3, -0.25) is 4.79 Å². The maximum Gasteiger partial charge on any atom is 0.185 e. The number of aromatic nitrogens is 2. The molecule has 5 heteroatoms. The molecule has 0 aliphatic carbocycles. The molecular weight excluding hydrogens is 271 g/mol. The zero-order valence-corrected chi connectivity index (χ0v) is 11.2. The van der Waals surface area contributed by atoms with E-state index in [1.54, 1.807) is 37.4 Å². The van der Waals surface area contributed by atoms with Crippen molar-refractivity contribution < 1.29 is 4.79 Å². The van der Waals surface area contributed by atoms with E-state index in [-0.39, 0.29) is 12.2 Å². The maximum atomic E-state index is 12.1. The van der Waals surface area contributed by atoms with Gasteiger partial charge in [-0.2, -0.15) is 0 Å². The van der Waals surface area contributed by atoms with Crippen LogP contribution in [0.25, 0.3) is 0 Å². The van der Waals surface area contributed by atoms with Crippen molar-refractivity contribution in [1.29, 1.82) is 0 Å². The summed E-state index contributed by atoms with van der Waals surface area (Å²) in [4.78, 5) is 20.1. The Morgan fingerprint density at radius 1 is 1.22 bits per heavy atom. The molecular formula is C13H10Cl2N2O.